The first kappa shape index (κ1) is 17.4. The number of carbonyl (C=O) groups is 3. The lowest BCUT2D eigenvalue weighted by Crippen LogP contribution is -2.54. The van der Waals surface area contributed by atoms with Crippen LogP contribution in [0.5, 0.6) is 0 Å². The van der Waals surface area contributed by atoms with Gasteiger partial charge < -0.3 is 11.1 Å². The average molecular weight is 273 g/mol. The molecule has 3 amide bonds. The van der Waals surface area contributed by atoms with E-state index in [2.05, 4.69) is 5.32 Å². The largest absolute Gasteiger partial charge is 0.368 e. The molecule has 0 aromatic carbocycles. The minimum absolute atomic E-state index is 0.124. The highest BCUT2D eigenvalue weighted by atomic mass is 16.5. The van der Waals surface area contributed by atoms with Crippen LogP contribution in [0.4, 0.5) is 0 Å². The van der Waals surface area contributed by atoms with Crippen molar-refractivity contribution in [2.45, 2.75) is 40.2 Å². The van der Waals surface area contributed by atoms with Gasteiger partial charge in [0.25, 0.3) is 0 Å². The highest BCUT2D eigenvalue weighted by Crippen LogP contribution is 2.19. The van der Waals surface area contributed by atoms with Crippen molar-refractivity contribution >= 4 is 18.2 Å². The monoisotopic (exact) mass is 273 g/mol. The van der Waals surface area contributed by atoms with Crippen molar-refractivity contribution in [2.75, 3.05) is 6.54 Å². The fraction of sp³-hybridized carbons (Fsp3) is 0.750. The number of primary amides is 1. The molecule has 0 aliphatic rings. The highest BCUT2D eigenvalue weighted by Gasteiger charge is 2.32. The first-order valence-corrected chi connectivity index (χ1v) is 6.14. The summed E-state index contributed by atoms with van der Waals surface area (Å²) in [7, 11) is 0. The van der Waals surface area contributed by atoms with Crippen LogP contribution in [0.15, 0.2) is 0 Å². The summed E-state index contributed by atoms with van der Waals surface area (Å²) in [6, 6.07) is -0.808. The Labute approximate surface area is 113 Å². The summed E-state index contributed by atoms with van der Waals surface area (Å²) >= 11 is 0. The lowest BCUT2D eigenvalue weighted by Gasteiger charge is -2.30. The van der Waals surface area contributed by atoms with Crippen LogP contribution in [-0.4, -0.2) is 41.1 Å². The summed E-state index contributed by atoms with van der Waals surface area (Å²) in [5.41, 5.74) is 4.76. The molecule has 0 spiro atoms. The molecule has 0 rings (SSSR count). The van der Waals surface area contributed by atoms with Crippen molar-refractivity contribution in [2.24, 2.45) is 17.1 Å². The van der Waals surface area contributed by atoms with Gasteiger partial charge >= 0.3 is 0 Å². The molecule has 0 unspecified atom stereocenters. The molecule has 110 valence electrons. The predicted molar refractivity (Wildman–Crippen MR) is 68.9 cm³/mol. The quantitative estimate of drug-likeness (QED) is 0.341. The summed E-state index contributed by atoms with van der Waals surface area (Å²) in [5, 5.41) is 12.1. The number of nitrogens with zero attached hydrogens (tertiary/aromatic N) is 1. The first-order chi connectivity index (χ1) is 8.63. The Kier molecular flexibility index (Phi) is 6.47. The fourth-order valence-electron chi connectivity index (χ4n) is 1.64. The van der Waals surface area contributed by atoms with E-state index < -0.39 is 29.2 Å². The van der Waals surface area contributed by atoms with Gasteiger partial charge in [-0.2, -0.15) is 0 Å². The molecule has 0 bridgehead atoms. The number of rotatable bonds is 7. The molecule has 7 nitrogen and oxygen atoms in total. The van der Waals surface area contributed by atoms with Crippen molar-refractivity contribution in [3.63, 3.8) is 0 Å². The zero-order valence-electron chi connectivity index (χ0n) is 11.8. The topological polar surface area (TPSA) is 113 Å². The van der Waals surface area contributed by atoms with Gasteiger partial charge in [-0.25, -0.2) is 5.06 Å². The van der Waals surface area contributed by atoms with E-state index in [0.717, 1.165) is 0 Å². The molecular weight excluding hydrogens is 250 g/mol. The van der Waals surface area contributed by atoms with Crippen LogP contribution >= 0.6 is 0 Å². The van der Waals surface area contributed by atoms with E-state index in [1.165, 1.54) is 0 Å². The number of carbonyl (C=O) groups excluding carboxylic acids is 3. The number of nitrogens with two attached hydrogens (primary N) is 1. The Balaban J connectivity index is 4.79. The summed E-state index contributed by atoms with van der Waals surface area (Å²) in [5.74, 6) is -1.63. The van der Waals surface area contributed by atoms with E-state index in [1.54, 1.807) is 27.7 Å². The van der Waals surface area contributed by atoms with Crippen LogP contribution in [0, 0.1) is 11.3 Å². The zero-order valence-corrected chi connectivity index (χ0v) is 11.8. The smallest absolute Gasteiger partial charge is 0.240 e. The SMILES string of the molecule is CC[C@H](CN(O)C=O)C(=O)N[C@H](C(N)=O)C(C)(C)C. The summed E-state index contributed by atoms with van der Waals surface area (Å²) in [6.45, 7) is 6.98. The normalized spacial score (nSPS) is 14.4. The van der Waals surface area contributed by atoms with Crippen LogP contribution < -0.4 is 11.1 Å². The Morgan fingerprint density at radius 2 is 1.95 bits per heavy atom. The molecule has 0 fully saturated rings. The van der Waals surface area contributed by atoms with Crippen LogP contribution in [-0.2, 0) is 14.4 Å². The fourth-order valence-corrected chi connectivity index (χ4v) is 1.64. The average Bonchev–Trinajstić information content (AvgIpc) is 2.30. The van der Waals surface area contributed by atoms with Gasteiger partial charge in [0.1, 0.15) is 6.04 Å². The molecule has 0 heterocycles. The predicted octanol–water partition coefficient (Wildman–Crippen LogP) is -0.124. The van der Waals surface area contributed by atoms with Gasteiger partial charge in [-0.05, 0) is 11.8 Å². The van der Waals surface area contributed by atoms with E-state index >= 15 is 0 Å². The van der Waals surface area contributed by atoms with Gasteiger partial charge in [-0.3, -0.25) is 19.6 Å². The van der Waals surface area contributed by atoms with Crippen molar-refractivity contribution < 1.29 is 19.6 Å². The molecule has 19 heavy (non-hydrogen) atoms. The molecule has 7 heteroatoms. The second kappa shape index (κ2) is 7.08. The van der Waals surface area contributed by atoms with E-state index in [-0.39, 0.29) is 13.0 Å². The van der Waals surface area contributed by atoms with E-state index in [9.17, 15) is 14.4 Å². The van der Waals surface area contributed by atoms with Crippen molar-refractivity contribution in [3.05, 3.63) is 0 Å². The number of hydrogen-bond acceptors (Lipinski definition) is 4. The van der Waals surface area contributed by atoms with Crippen LogP contribution in [0.25, 0.3) is 0 Å². The zero-order chi connectivity index (χ0) is 15.2. The standard InChI is InChI=1S/C12H23N3O4/c1-5-8(6-15(19)7-16)11(18)14-9(10(13)17)12(2,3)4/h7-9,19H,5-6H2,1-4H3,(H2,13,17)(H,14,18)/t8-,9-/m1/s1. The Bertz CT molecular complexity index is 338. The molecule has 0 radical (unpaired) electrons. The maximum absolute atomic E-state index is 12.0. The Morgan fingerprint density at radius 3 is 2.26 bits per heavy atom. The van der Waals surface area contributed by atoms with Gasteiger partial charge in [0.2, 0.25) is 18.2 Å². The maximum Gasteiger partial charge on any atom is 0.240 e. The van der Waals surface area contributed by atoms with Gasteiger partial charge in [-0.15, -0.1) is 0 Å². The second-order valence-corrected chi connectivity index (χ2v) is 5.54. The van der Waals surface area contributed by atoms with E-state index in [1.807, 2.05) is 0 Å². The van der Waals surface area contributed by atoms with E-state index in [0.29, 0.717) is 11.5 Å². The molecule has 2 atom stereocenters. The Morgan fingerprint density at radius 1 is 1.42 bits per heavy atom. The van der Waals surface area contributed by atoms with Gasteiger partial charge in [-0.1, -0.05) is 27.7 Å². The number of hydroxylamine groups is 2. The molecule has 0 saturated heterocycles. The third kappa shape index (κ3) is 5.69. The molecule has 0 saturated carbocycles. The van der Waals surface area contributed by atoms with Gasteiger partial charge in [0, 0.05) is 0 Å². The second-order valence-electron chi connectivity index (χ2n) is 5.54. The van der Waals surface area contributed by atoms with Crippen LogP contribution in [0.3, 0.4) is 0 Å². The lowest BCUT2D eigenvalue weighted by molar-refractivity contribution is -0.155. The number of hydrogen-bond donors (Lipinski definition) is 3. The molecular formula is C12H23N3O4. The van der Waals surface area contributed by atoms with E-state index in [4.69, 9.17) is 10.9 Å². The summed E-state index contributed by atoms with van der Waals surface area (Å²) in [6.07, 6.45) is 0.650. The van der Waals surface area contributed by atoms with Crippen molar-refractivity contribution in [1.82, 2.24) is 10.4 Å². The first-order valence-electron chi connectivity index (χ1n) is 6.14. The maximum atomic E-state index is 12.0. The lowest BCUT2D eigenvalue weighted by atomic mass is 9.86. The molecule has 0 aromatic rings. The minimum atomic E-state index is -0.808. The Hall–Kier alpha value is -1.63. The van der Waals surface area contributed by atoms with Crippen LogP contribution in [0.1, 0.15) is 34.1 Å². The summed E-state index contributed by atoms with van der Waals surface area (Å²) in [4.78, 5) is 33.7. The van der Waals surface area contributed by atoms with Gasteiger partial charge in [0.15, 0.2) is 0 Å². The molecule has 4 N–H and O–H groups in total. The number of amides is 3. The van der Waals surface area contributed by atoms with Crippen molar-refractivity contribution in [3.8, 4) is 0 Å². The molecule has 0 aliphatic carbocycles. The van der Waals surface area contributed by atoms with Gasteiger partial charge in [0.05, 0.1) is 12.5 Å². The minimum Gasteiger partial charge on any atom is -0.368 e. The summed E-state index contributed by atoms with van der Waals surface area (Å²) < 4.78 is 0. The third-order valence-corrected chi connectivity index (χ3v) is 2.83. The number of nitrogens with one attached hydrogen (secondary N) is 1. The molecule has 0 aliphatic heterocycles. The highest BCUT2D eigenvalue weighted by molar-refractivity contribution is 5.88. The third-order valence-electron chi connectivity index (χ3n) is 2.83. The van der Waals surface area contributed by atoms with Crippen LogP contribution in [0.2, 0.25) is 0 Å². The van der Waals surface area contributed by atoms with Crippen molar-refractivity contribution in [1.29, 1.82) is 0 Å². The molecule has 0 aromatic heterocycles.